The molecule has 0 aromatic heterocycles. The highest BCUT2D eigenvalue weighted by Gasteiger charge is 2.51. The summed E-state index contributed by atoms with van der Waals surface area (Å²) in [4.78, 5) is 0. The highest BCUT2D eigenvalue weighted by molar-refractivity contribution is 5.01. The molecule has 1 aliphatic carbocycles. The summed E-state index contributed by atoms with van der Waals surface area (Å²) >= 11 is 0. The summed E-state index contributed by atoms with van der Waals surface area (Å²) in [6.07, 6.45) is 4.47. The van der Waals surface area contributed by atoms with Gasteiger partial charge in [0.1, 0.15) is 0 Å². The van der Waals surface area contributed by atoms with Gasteiger partial charge in [-0.05, 0) is 32.1 Å². The van der Waals surface area contributed by atoms with Crippen LogP contribution in [0.5, 0.6) is 0 Å². The molecule has 0 spiro atoms. The van der Waals surface area contributed by atoms with E-state index in [1.807, 2.05) is 0 Å². The Morgan fingerprint density at radius 1 is 1.47 bits per heavy atom. The van der Waals surface area contributed by atoms with Crippen LogP contribution in [0.2, 0.25) is 0 Å². The molecule has 0 radical (unpaired) electrons. The molecule has 0 aromatic carbocycles. The maximum absolute atomic E-state index is 5.76. The van der Waals surface area contributed by atoms with Gasteiger partial charge in [0.05, 0.1) is 12.7 Å². The second-order valence-corrected chi connectivity index (χ2v) is 4.94. The van der Waals surface area contributed by atoms with E-state index >= 15 is 0 Å². The van der Waals surface area contributed by atoms with Crippen LogP contribution in [0, 0.1) is 11.3 Å². The summed E-state index contributed by atoms with van der Waals surface area (Å²) in [5, 5.41) is 3.52. The topological polar surface area (TPSA) is 30.5 Å². The van der Waals surface area contributed by atoms with Crippen molar-refractivity contribution in [2.45, 2.75) is 32.3 Å². The number of hydrogen-bond donors (Lipinski definition) is 1. The van der Waals surface area contributed by atoms with Crippen molar-refractivity contribution in [1.29, 1.82) is 0 Å². The molecule has 2 atom stereocenters. The quantitative estimate of drug-likeness (QED) is 0.677. The summed E-state index contributed by atoms with van der Waals surface area (Å²) in [6.45, 7) is 6.04. The van der Waals surface area contributed by atoms with Crippen LogP contribution in [-0.2, 0) is 9.47 Å². The van der Waals surface area contributed by atoms with Gasteiger partial charge in [-0.15, -0.1) is 0 Å². The van der Waals surface area contributed by atoms with Gasteiger partial charge in [0.2, 0.25) is 0 Å². The normalized spacial score (nSPS) is 36.0. The third-order valence-electron chi connectivity index (χ3n) is 4.07. The first-order chi connectivity index (χ1) is 7.29. The molecule has 1 N–H and O–H groups in total. The van der Waals surface area contributed by atoms with Crippen molar-refractivity contribution in [1.82, 2.24) is 5.32 Å². The molecule has 0 aromatic rings. The third kappa shape index (κ3) is 2.35. The fourth-order valence-corrected chi connectivity index (χ4v) is 2.86. The van der Waals surface area contributed by atoms with Gasteiger partial charge in [-0.3, -0.25) is 0 Å². The fraction of sp³-hybridized carbons (Fsp3) is 1.00. The maximum atomic E-state index is 5.76. The summed E-state index contributed by atoms with van der Waals surface area (Å²) in [6, 6.07) is 0. The average molecular weight is 213 g/mol. The molecule has 2 fully saturated rings. The lowest BCUT2D eigenvalue weighted by Gasteiger charge is -2.32. The predicted octanol–water partition coefficient (Wildman–Crippen LogP) is 1.43. The van der Waals surface area contributed by atoms with Crippen LogP contribution in [-0.4, -0.2) is 39.5 Å². The Bertz CT molecular complexity index is 206. The molecule has 3 nitrogen and oxygen atoms in total. The van der Waals surface area contributed by atoms with Crippen LogP contribution in [0.3, 0.4) is 0 Å². The smallest absolute Gasteiger partial charge is 0.0618 e. The minimum atomic E-state index is 0.424. The molecule has 15 heavy (non-hydrogen) atoms. The Labute approximate surface area is 92.5 Å². The van der Waals surface area contributed by atoms with Crippen molar-refractivity contribution in [3.8, 4) is 0 Å². The summed E-state index contributed by atoms with van der Waals surface area (Å²) in [5.74, 6) is 0.907. The summed E-state index contributed by atoms with van der Waals surface area (Å²) in [7, 11) is 1.75. The van der Waals surface area contributed by atoms with Gasteiger partial charge in [-0.2, -0.15) is 0 Å². The van der Waals surface area contributed by atoms with Crippen LogP contribution in [0.1, 0.15) is 26.2 Å². The Morgan fingerprint density at radius 2 is 2.27 bits per heavy atom. The van der Waals surface area contributed by atoms with Gasteiger partial charge in [0.15, 0.2) is 0 Å². The zero-order chi connectivity index (χ0) is 10.7. The van der Waals surface area contributed by atoms with E-state index in [-0.39, 0.29) is 0 Å². The van der Waals surface area contributed by atoms with Crippen molar-refractivity contribution in [3.05, 3.63) is 0 Å². The van der Waals surface area contributed by atoms with Crippen LogP contribution in [0.15, 0.2) is 0 Å². The second-order valence-electron chi connectivity index (χ2n) is 4.94. The van der Waals surface area contributed by atoms with Crippen molar-refractivity contribution in [2.24, 2.45) is 11.3 Å². The zero-order valence-electron chi connectivity index (χ0n) is 9.92. The lowest BCUT2D eigenvalue weighted by atomic mass is 9.76. The molecule has 1 aliphatic heterocycles. The maximum Gasteiger partial charge on any atom is 0.0618 e. The molecular formula is C12H23NO2. The van der Waals surface area contributed by atoms with Gasteiger partial charge < -0.3 is 14.8 Å². The SMILES string of the molecule is COCCNCC1(C2CC2)CCOC1C. The summed E-state index contributed by atoms with van der Waals surface area (Å²) < 4.78 is 10.8. The highest BCUT2D eigenvalue weighted by atomic mass is 16.5. The zero-order valence-corrected chi connectivity index (χ0v) is 9.92. The minimum Gasteiger partial charge on any atom is -0.383 e. The summed E-state index contributed by atoms with van der Waals surface area (Å²) in [5.41, 5.74) is 0.424. The van der Waals surface area contributed by atoms with Crippen LogP contribution >= 0.6 is 0 Å². The molecule has 88 valence electrons. The lowest BCUT2D eigenvalue weighted by Crippen LogP contribution is -2.42. The van der Waals surface area contributed by atoms with Crippen molar-refractivity contribution in [2.75, 3.05) is 33.4 Å². The molecule has 0 bridgehead atoms. The Morgan fingerprint density at radius 3 is 2.80 bits per heavy atom. The molecule has 2 aliphatic rings. The number of methoxy groups -OCH3 is 1. The molecule has 2 rings (SSSR count). The van der Waals surface area contributed by atoms with Crippen molar-refractivity contribution >= 4 is 0 Å². The largest absolute Gasteiger partial charge is 0.383 e. The van der Waals surface area contributed by atoms with Gasteiger partial charge in [-0.1, -0.05) is 0 Å². The van der Waals surface area contributed by atoms with Gasteiger partial charge in [0, 0.05) is 32.2 Å². The first-order valence-electron chi connectivity index (χ1n) is 6.11. The molecular weight excluding hydrogens is 190 g/mol. The van der Waals surface area contributed by atoms with E-state index in [4.69, 9.17) is 9.47 Å². The first kappa shape index (κ1) is 11.4. The van der Waals surface area contributed by atoms with Crippen LogP contribution in [0.25, 0.3) is 0 Å². The minimum absolute atomic E-state index is 0.424. The Balaban J connectivity index is 1.83. The number of nitrogens with one attached hydrogen (secondary N) is 1. The number of rotatable bonds is 6. The first-order valence-corrected chi connectivity index (χ1v) is 6.11. The Hall–Kier alpha value is -0.120. The lowest BCUT2D eigenvalue weighted by molar-refractivity contribution is 0.0502. The van der Waals surface area contributed by atoms with E-state index in [1.165, 1.54) is 19.3 Å². The number of hydrogen-bond acceptors (Lipinski definition) is 3. The third-order valence-corrected chi connectivity index (χ3v) is 4.07. The molecule has 2 unspecified atom stereocenters. The van der Waals surface area contributed by atoms with E-state index in [1.54, 1.807) is 7.11 Å². The molecule has 1 saturated heterocycles. The standard InChI is InChI=1S/C12H23NO2/c1-10-12(5-7-15-10,11-3-4-11)9-13-6-8-14-2/h10-11,13H,3-9H2,1-2H3. The van der Waals surface area contributed by atoms with E-state index in [2.05, 4.69) is 12.2 Å². The van der Waals surface area contributed by atoms with Crippen molar-refractivity contribution in [3.63, 3.8) is 0 Å². The van der Waals surface area contributed by atoms with E-state index in [9.17, 15) is 0 Å². The van der Waals surface area contributed by atoms with E-state index in [0.29, 0.717) is 11.5 Å². The number of ether oxygens (including phenoxy) is 2. The highest BCUT2D eigenvalue weighted by Crippen LogP contribution is 2.52. The van der Waals surface area contributed by atoms with Crippen LogP contribution < -0.4 is 5.32 Å². The second kappa shape index (κ2) is 4.81. The molecule has 3 heteroatoms. The molecule has 1 heterocycles. The van der Waals surface area contributed by atoms with Gasteiger partial charge in [0.25, 0.3) is 0 Å². The molecule has 0 amide bonds. The molecule has 1 saturated carbocycles. The Kier molecular flexibility index (Phi) is 3.65. The van der Waals surface area contributed by atoms with E-state index in [0.717, 1.165) is 32.2 Å². The van der Waals surface area contributed by atoms with Crippen LogP contribution in [0.4, 0.5) is 0 Å². The van der Waals surface area contributed by atoms with E-state index < -0.39 is 0 Å². The van der Waals surface area contributed by atoms with Gasteiger partial charge >= 0.3 is 0 Å². The predicted molar refractivity (Wildman–Crippen MR) is 59.9 cm³/mol. The monoisotopic (exact) mass is 213 g/mol. The average Bonchev–Trinajstić information content (AvgIpc) is 3.01. The fourth-order valence-electron chi connectivity index (χ4n) is 2.86. The van der Waals surface area contributed by atoms with Gasteiger partial charge in [-0.25, -0.2) is 0 Å². The van der Waals surface area contributed by atoms with Crippen molar-refractivity contribution < 1.29 is 9.47 Å².